The number of ether oxygens (including phenoxy) is 3. The summed E-state index contributed by atoms with van der Waals surface area (Å²) >= 11 is 9.04. The number of methoxy groups -OCH3 is 2. The molecule has 0 aliphatic heterocycles. The van der Waals surface area contributed by atoms with Crippen molar-refractivity contribution in [3.05, 3.63) is 34.2 Å². The molecule has 0 unspecified atom stereocenters. The van der Waals surface area contributed by atoms with Crippen molar-refractivity contribution in [1.29, 1.82) is 0 Å². The lowest BCUT2D eigenvalue weighted by molar-refractivity contribution is 0.341. The Balaban J connectivity index is 2.45. The molecule has 0 spiro atoms. The van der Waals surface area contributed by atoms with Gasteiger partial charge < -0.3 is 14.2 Å². The fourth-order valence-electron chi connectivity index (χ4n) is 1.42. The first kappa shape index (κ1) is 13.9. The van der Waals surface area contributed by atoms with Crippen molar-refractivity contribution in [3.63, 3.8) is 0 Å². The monoisotopic (exact) mass is 344 g/mol. The lowest BCUT2D eigenvalue weighted by Gasteiger charge is -2.13. The molecule has 0 saturated heterocycles. The van der Waals surface area contributed by atoms with Gasteiger partial charge in [0.1, 0.15) is 0 Å². The summed E-state index contributed by atoms with van der Waals surface area (Å²) in [6.07, 6.45) is 1.51. The third-order valence-corrected chi connectivity index (χ3v) is 2.99. The molecule has 100 valence electrons. The minimum atomic E-state index is 0.0899. The van der Waals surface area contributed by atoms with Crippen LogP contribution in [0.25, 0.3) is 0 Å². The summed E-state index contributed by atoms with van der Waals surface area (Å²) in [6, 6.07) is 5.32. The summed E-state index contributed by atoms with van der Waals surface area (Å²) in [5.74, 6) is 1.76. The lowest BCUT2D eigenvalue weighted by Crippen LogP contribution is -1.97. The lowest BCUT2D eigenvalue weighted by atomic mass is 10.3. The van der Waals surface area contributed by atoms with E-state index >= 15 is 0 Å². The van der Waals surface area contributed by atoms with E-state index in [0.717, 1.165) is 0 Å². The highest BCUT2D eigenvalue weighted by molar-refractivity contribution is 9.10. The number of rotatable bonds is 4. The molecule has 0 radical (unpaired) electrons. The Labute approximate surface area is 123 Å². The normalized spacial score (nSPS) is 10.1. The molecule has 5 nitrogen and oxygen atoms in total. The number of para-hydroxylation sites is 1. The number of benzene rings is 1. The van der Waals surface area contributed by atoms with Crippen LogP contribution in [0.3, 0.4) is 0 Å². The zero-order valence-electron chi connectivity index (χ0n) is 10.2. The third-order valence-electron chi connectivity index (χ3n) is 2.26. The van der Waals surface area contributed by atoms with E-state index in [1.165, 1.54) is 6.20 Å². The predicted molar refractivity (Wildman–Crippen MR) is 74.4 cm³/mol. The van der Waals surface area contributed by atoms with Gasteiger partial charge >= 0.3 is 0 Å². The van der Waals surface area contributed by atoms with E-state index in [-0.39, 0.29) is 11.2 Å². The van der Waals surface area contributed by atoms with Gasteiger partial charge in [0, 0.05) is 6.20 Å². The minimum absolute atomic E-state index is 0.0899. The second-order valence-electron chi connectivity index (χ2n) is 3.39. The van der Waals surface area contributed by atoms with Crippen molar-refractivity contribution in [1.82, 2.24) is 9.97 Å². The van der Waals surface area contributed by atoms with Gasteiger partial charge in [-0.2, -0.15) is 4.98 Å². The quantitative estimate of drug-likeness (QED) is 0.791. The first-order chi connectivity index (χ1) is 9.15. The van der Waals surface area contributed by atoms with E-state index in [1.54, 1.807) is 32.4 Å². The Morgan fingerprint density at radius 3 is 2.37 bits per heavy atom. The summed E-state index contributed by atoms with van der Waals surface area (Å²) < 4.78 is 16.7. The molecule has 0 aliphatic carbocycles. The summed E-state index contributed by atoms with van der Waals surface area (Å²) in [5.41, 5.74) is 0. The van der Waals surface area contributed by atoms with Crippen molar-refractivity contribution in [2.45, 2.75) is 0 Å². The van der Waals surface area contributed by atoms with Gasteiger partial charge in [0.05, 0.1) is 18.7 Å². The molecule has 0 aliphatic rings. The van der Waals surface area contributed by atoms with Crippen molar-refractivity contribution in [2.24, 2.45) is 0 Å². The van der Waals surface area contributed by atoms with Gasteiger partial charge in [-0.25, -0.2) is 4.98 Å². The van der Waals surface area contributed by atoms with Crippen molar-refractivity contribution >= 4 is 27.5 Å². The van der Waals surface area contributed by atoms with Gasteiger partial charge in [-0.1, -0.05) is 6.07 Å². The Bertz CT molecular complexity index is 573. The van der Waals surface area contributed by atoms with Crippen LogP contribution < -0.4 is 14.2 Å². The van der Waals surface area contributed by atoms with Crippen LogP contribution in [0.4, 0.5) is 0 Å². The molecule has 1 aromatic carbocycles. The molecule has 0 N–H and O–H groups in total. The van der Waals surface area contributed by atoms with Gasteiger partial charge in [0.2, 0.25) is 16.9 Å². The first-order valence-electron chi connectivity index (χ1n) is 5.22. The van der Waals surface area contributed by atoms with Gasteiger partial charge in [-0.15, -0.1) is 0 Å². The highest BCUT2D eigenvalue weighted by Gasteiger charge is 2.15. The molecule has 19 heavy (non-hydrogen) atoms. The van der Waals surface area contributed by atoms with E-state index in [1.807, 2.05) is 0 Å². The fraction of sp³-hybridized carbons (Fsp3) is 0.167. The average molecular weight is 346 g/mol. The number of hydrogen-bond donors (Lipinski definition) is 0. The fourth-order valence-corrected chi connectivity index (χ4v) is 1.81. The van der Waals surface area contributed by atoms with Crippen LogP contribution in [0.15, 0.2) is 28.9 Å². The smallest absolute Gasteiger partial charge is 0.238 e. The van der Waals surface area contributed by atoms with Crippen molar-refractivity contribution in [3.8, 4) is 23.1 Å². The van der Waals surface area contributed by atoms with E-state index in [4.69, 9.17) is 25.8 Å². The molecule has 1 aromatic heterocycles. The molecule has 1 heterocycles. The zero-order valence-corrected chi connectivity index (χ0v) is 12.5. The van der Waals surface area contributed by atoms with E-state index in [9.17, 15) is 0 Å². The molecular weight excluding hydrogens is 336 g/mol. The molecule has 2 rings (SSSR count). The third kappa shape index (κ3) is 3.08. The van der Waals surface area contributed by atoms with Crippen LogP contribution in [0.5, 0.6) is 23.1 Å². The predicted octanol–water partition coefficient (Wildman–Crippen LogP) is 3.70. The summed E-state index contributed by atoms with van der Waals surface area (Å²) in [5, 5.41) is 0.0899. The van der Waals surface area contributed by atoms with Gasteiger partial charge in [-0.05, 0) is 39.7 Å². The van der Waals surface area contributed by atoms with Crippen LogP contribution in [0, 0.1) is 0 Å². The molecule has 0 bridgehead atoms. The van der Waals surface area contributed by atoms with Crippen molar-refractivity contribution < 1.29 is 14.2 Å². The van der Waals surface area contributed by atoms with Crippen LogP contribution >= 0.6 is 27.5 Å². The van der Waals surface area contributed by atoms with E-state index in [0.29, 0.717) is 21.7 Å². The standard InChI is InChI=1S/C12H10BrClN2O3/c1-17-8-4-3-5-9(18-2)10(8)19-11-7(13)6-15-12(14)16-11/h3-6H,1-2H3. The van der Waals surface area contributed by atoms with Crippen LogP contribution in [-0.4, -0.2) is 24.2 Å². The molecule has 0 atom stereocenters. The molecule has 0 fully saturated rings. The van der Waals surface area contributed by atoms with E-state index < -0.39 is 0 Å². The molecule has 0 amide bonds. The SMILES string of the molecule is COc1cccc(OC)c1Oc1nc(Cl)ncc1Br. The molecule has 7 heteroatoms. The largest absolute Gasteiger partial charge is 0.493 e. The van der Waals surface area contributed by atoms with Crippen LogP contribution in [0.1, 0.15) is 0 Å². The van der Waals surface area contributed by atoms with Gasteiger partial charge in [0.15, 0.2) is 11.5 Å². The summed E-state index contributed by atoms with van der Waals surface area (Å²) in [4.78, 5) is 7.82. The Hall–Kier alpha value is -1.53. The number of hydrogen-bond acceptors (Lipinski definition) is 5. The number of aromatic nitrogens is 2. The summed E-state index contributed by atoms with van der Waals surface area (Å²) in [7, 11) is 3.09. The highest BCUT2D eigenvalue weighted by Crippen LogP contribution is 2.41. The first-order valence-corrected chi connectivity index (χ1v) is 6.39. The number of nitrogens with zero attached hydrogens (tertiary/aromatic N) is 2. The van der Waals surface area contributed by atoms with Crippen LogP contribution in [0.2, 0.25) is 5.28 Å². The van der Waals surface area contributed by atoms with Crippen molar-refractivity contribution in [2.75, 3.05) is 14.2 Å². The van der Waals surface area contributed by atoms with Crippen LogP contribution in [-0.2, 0) is 0 Å². The number of halogens is 2. The Morgan fingerprint density at radius 1 is 1.16 bits per heavy atom. The minimum Gasteiger partial charge on any atom is -0.493 e. The average Bonchev–Trinajstić information content (AvgIpc) is 2.43. The maximum Gasteiger partial charge on any atom is 0.238 e. The highest BCUT2D eigenvalue weighted by atomic mass is 79.9. The second-order valence-corrected chi connectivity index (χ2v) is 4.58. The second kappa shape index (κ2) is 6.08. The molecular formula is C12H10BrClN2O3. The molecule has 0 saturated carbocycles. The summed E-state index contributed by atoms with van der Waals surface area (Å²) in [6.45, 7) is 0. The van der Waals surface area contributed by atoms with E-state index in [2.05, 4.69) is 25.9 Å². The Kier molecular flexibility index (Phi) is 4.44. The Morgan fingerprint density at radius 2 is 1.79 bits per heavy atom. The topological polar surface area (TPSA) is 53.5 Å². The zero-order chi connectivity index (χ0) is 13.8. The van der Waals surface area contributed by atoms with Gasteiger partial charge in [-0.3, -0.25) is 0 Å². The maximum absolute atomic E-state index is 5.74. The molecule has 2 aromatic rings. The maximum atomic E-state index is 5.74. The van der Waals surface area contributed by atoms with Gasteiger partial charge in [0.25, 0.3) is 0 Å².